The number of fused-ring (bicyclic) bond motifs is 5. The summed E-state index contributed by atoms with van der Waals surface area (Å²) in [6, 6.07) is 12.3. The van der Waals surface area contributed by atoms with Crippen LogP contribution >= 0.6 is 0 Å². The lowest BCUT2D eigenvalue weighted by Gasteiger charge is -2.37. The maximum absolute atomic E-state index is 11.3. The number of phenolic OH excluding ortho intramolecular Hbond substituents is 2. The molecule has 7 nitrogen and oxygen atoms in total. The lowest BCUT2D eigenvalue weighted by Crippen LogP contribution is -2.32. The van der Waals surface area contributed by atoms with Crippen molar-refractivity contribution >= 4 is 0 Å². The number of aromatic hydroxyl groups is 2. The average molecular weight is 521 g/mol. The van der Waals surface area contributed by atoms with Crippen LogP contribution in [0.4, 0.5) is 0 Å². The van der Waals surface area contributed by atoms with Crippen LogP contribution in [0.25, 0.3) is 11.1 Å². The van der Waals surface area contributed by atoms with E-state index >= 15 is 0 Å². The Bertz CT molecular complexity index is 1300. The molecule has 38 heavy (non-hydrogen) atoms. The molecule has 0 amide bonds. The molecule has 7 heteroatoms. The van der Waals surface area contributed by atoms with Crippen molar-refractivity contribution in [2.24, 2.45) is 0 Å². The Hall–Kier alpha value is -3.42. The van der Waals surface area contributed by atoms with Crippen molar-refractivity contribution in [1.82, 2.24) is 0 Å². The number of hydrogen-bond donors (Lipinski definition) is 4. The van der Waals surface area contributed by atoms with Gasteiger partial charge in [0.25, 0.3) is 0 Å². The zero-order valence-electron chi connectivity index (χ0n) is 21.9. The van der Waals surface area contributed by atoms with Gasteiger partial charge in [0.05, 0.1) is 19.8 Å². The molecule has 2 aliphatic rings. The van der Waals surface area contributed by atoms with Crippen LogP contribution in [0.2, 0.25) is 0 Å². The maximum atomic E-state index is 11.3. The molecular formula is C31H36O7. The molecule has 3 aromatic rings. The topological polar surface area (TPSA) is 109 Å². The maximum Gasteiger partial charge on any atom is 0.160 e. The largest absolute Gasteiger partial charge is 0.508 e. The van der Waals surface area contributed by atoms with Crippen LogP contribution < -0.4 is 14.2 Å². The molecule has 0 fully saturated rings. The number of rotatable bonds is 9. The fourth-order valence-corrected chi connectivity index (χ4v) is 5.95. The Balaban J connectivity index is 1.64. The van der Waals surface area contributed by atoms with E-state index in [1.807, 2.05) is 18.2 Å². The summed E-state index contributed by atoms with van der Waals surface area (Å²) in [7, 11) is 1.49. The number of aliphatic hydroxyl groups excluding tert-OH is 2. The molecular weight excluding hydrogens is 484 g/mol. The van der Waals surface area contributed by atoms with Gasteiger partial charge in [-0.15, -0.1) is 0 Å². The highest BCUT2D eigenvalue weighted by molar-refractivity contribution is 5.83. The molecule has 0 aromatic heterocycles. The first kappa shape index (κ1) is 26.2. The van der Waals surface area contributed by atoms with Crippen LogP contribution in [-0.2, 0) is 12.8 Å². The molecule has 0 saturated carbocycles. The number of ether oxygens (including phenoxy) is 3. The highest BCUT2D eigenvalue weighted by Crippen LogP contribution is 2.53. The lowest BCUT2D eigenvalue weighted by atomic mass is 9.72. The zero-order valence-corrected chi connectivity index (χ0v) is 21.9. The van der Waals surface area contributed by atoms with Crippen LogP contribution in [-0.4, -0.2) is 46.9 Å². The predicted molar refractivity (Wildman–Crippen MR) is 144 cm³/mol. The summed E-state index contributed by atoms with van der Waals surface area (Å²) >= 11 is 0. The van der Waals surface area contributed by atoms with Gasteiger partial charge in [0.15, 0.2) is 11.5 Å². The molecule has 0 spiro atoms. The molecule has 3 unspecified atom stereocenters. The van der Waals surface area contributed by atoms with Crippen molar-refractivity contribution in [2.45, 2.75) is 63.6 Å². The Morgan fingerprint density at radius 1 is 1.00 bits per heavy atom. The molecule has 1 aliphatic carbocycles. The second-order valence-electron chi connectivity index (χ2n) is 10.2. The minimum atomic E-state index is -0.803. The normalized spacial score (nSPS) is 19.6. The summed E-state index contributed by atoms with van der Waals surface area (Å²) in [4.78, 5) is 0. The van der Waals surface area contributed by atoms with Gasteiger partial charge in [-0.05, 0) is 65.3 Å². The van der Waals surface area contributed by atoms with Crippen LogP contribution in [0.5, 0.6) is 28.7 Å². The molecule has 3 aromatic carbocycles. The van der Waals surface area contributed by atoms with Crippen molar-refractivity contribution < 1.29 is 34.6 Å². The van der Waals surface area contributed by atoms with E-state index in [1.165, 1.54) is 7.11 Å². The number of unbranched alkanes of at least 4 members (excludes halogenated alkanes) is 2. The van der Waals surface area contributed by atoms with Gasteiger partial charge in [-0.1, -0.05) is 38.3 Å². The summed E-state index contributed by atoms with van der Waals surface area (Å²) in [5.74, 6) is 2.03. The van der Waals surface area contributed by atoms with E-state index in [2.05, 4.69) is 6.92 Å². The Morgan fingerprint density at radius 2 is 1.84 bits per heavy atom. The SMILES string of the molecule is CCCCCC1Cc2cc(O)ccc2-c2c(OCCO)cc3c(c21)CC(O)C(c1ccc(O)c(OC)c1)O3. The molecule has 202 valence electrons. The summed E-state index contributed by atoms with van der Waals surface area (Å²) in [6.07, 6.45) is 4.04. The molecule has 5 rings (SSSR count). The summed E-state index contributed by atoms with van der Waals surface area (Å²) in [6.45, 7) is 2.21. The summed E-state index contributed by atoms with van der Waals surface area (Å²) in [5, 5.41) is 41.1. The number of hydrogen-bond acceptors (Lipinski definition) is 7. The molecule has 3 atom stereocenters. The Kier molecular flexibility index (Phi) is 7.68. The van der Waals surface area contributed by atoms with Crippen molar-refractivity contribution in [3.63, 3.8) is 0 Å². The third-order valence-electron chi connectivity index (χ3n) is 7.69. The van der Waals surface area contributed by atoms with E-state index in [0.717, 1.165) is 59.9 Å². The van der Waals surface area contributed by atoms with E-state index in [-0.39, 0.29) is 30.6 Å². The van der Waals surface area contributed by atoms with Crippen LogP contribution in [0.3, 0.4) is 0 Å². The van der Waals surface area contributed by atoms with Gasteiger partial charge in [0.2, 0.25) is 0 Å². The van der Waals surface area contributed by atoms with Crippen LogP contribution in [0.1, 0.15) is 66.9 Å². The van der Waals surface area contributed by atoms with E-state index in [4.69, 9.17) is 14.2 Å². The summed E-state index contributed by atoms with van der Waals surface area (Å²) in [5.41, 5.74) is 5.84. The standard InChI is InChI=1S/C31H36O7/c1-3-4-5-6-18-13-20-14-21(33)8-9-22(20)30-28(37-12-11-32)17-26-23(29(18)30)16-25(35)31(38-26)19-7-10-24(34)27(15-19)36-2/h7-10,14-15,17-18,25,31-35H,3-6,11-13,16H2,1-2H3. The first-order valence-corrected chi connectivity index (χ1v) is 13.4. The zero-order chi connectivity index (χ0) is 26.8. The van der Waals surface area contributed by atoms with Crippen molar-refractivity contribution in [3.05, 3.63) is 64.7 Å². The number of methoxy groups -OCH3 is 1. The molecule has 4 N–H and O–H groups in total. The van der Waals surface area contributed by atoms with Crippen molar-refractivity contribution in [3.8, 4) is 39.9 Å². The first-order chi connectivity index (χ1) is 18.4. The number of phenols is 2. The monoisotopic (exact) mass is 520 g/mol. The summed E-state index contributed by atoms with van der Waals surface area (Å²) < 4.78 is 17.8. The third-order valence-corrected chi connectivity index (χ3v) is 7.69. The average Bonchev–Trinajstić information content (AvgIpc) is 2.91. The van der Waals surface area contributed by atoms with Gasteiger partial charge in [0, 0.05) is 23.6 Å². The van der Waals surface area contributed by atoms with E-state index in [9.17, 15) is 20.4 Å². The van der Waals surface area contributed by atoms with Gasteiger partial charge >= 0.3 is 0 Å². The van der Waals surface area contributed by atoms with Crippen LogP contribution in [0, 0.1) is 0 Å². The third kappa shape index (κ3) is 4.88. The van der Waals surface area contributed by atoms with Gasteiger partial charge in [-0.2, -0.15) is 0 Å². The van der Waals surface area contributed by atoms with Crippen LogP contribution in [0.15, 0.2) is 42.5 Å². The Labute approximate surface area is 223 Å². The number of benzene rings is 3. The van der Waals surface area contributed by atoms with Gasteiger partial charge in [-0.25, -0.2) is 0 Å². The van der Waals surface area contributed by atoms with Crippen molar-refractivity contribution in [2.75, 3.05) is 20.3 Å². The van der Waals surface area contributed by atoms with E-state index < -0.39 is 12.2 Å². The van der Waals surface area contributed by atoms with E-state index in [1.54, 1.807) is 24.3 Å². The second kappa shape index (κ2) is 11.1. The lowest BCUT2D eigenvalue weighted by molar-refractivity contribution is 0.0200. The quantitative estimate of drug-likeness (QED) is 0.280. The molecule has 1 heterocycles. The molecule has 1 aliphatic heterocycles. The number of aliphatic hydroxyl groups is 2. The van der Waals surface area contributed by atoms with E-state index in [0.29, 0.717) is 29.2 Å². The second-order valence-corrected chi connectivity index (χ2v) is 10.2. The highest BCUT2D eigenvalue weighted by atomic mass is 16.5. The predicted octanol–water partition coefficient (Wildman–Crippen LogP) is 5.40. The highest BCUT2D eigenvalue weighted by Gasteiger charge is 2.38. The minimum absolute atomic E-state index is 0.0235. The molecule has 0 saturated heterocycles. The van der Waals surface area contributed by atoms with Gasteiger partial charge in [0.1, 0.15) is 30.0 Å². The fourth-order valence-electron chi connectivity index (χ4n) is 5.95. The van der Waals surface area contributed by atoms with Gasteiger partial charge in [-0.3, -0.25) is 0 Å². The fraction of sp³-hybridized carbons (Fsp3) is 0.419. The van der Waals surface area contributed by atoms with Gasteiger partial charge < -0.3 is 34.6 Å². The Morgan fingerprint density at radius 3 is 2.61 bits per heavy atom. The molecule has 0 bridgehead atoms. The minimum Gasteiger partial charge on any atom is -0.508 e. The molecule has 0 radical (unpaired) electrons. The van der Waals surface area contributed by atoms with Crippen molar-refractivity contribution in [1.29, 1.82) is 0 Å². The first-order valence-electron chi connectivity index (χ1n) is 13.4. The smallest absolute Gasteiger partial charge is 0.160 e.